The van der Waals surface area contributed by atoms with Gasteiger partial charge in [-0.3, -0.25) is 9.13 Å². The highest BCUT2D eigenvalue weighted by molar-refractivity contribution is 8.00. The Bertz CT molecular complexity index is 1300. The molecule has 5 aromatic rings. The second kappa shape index (κ2) is 5.23. The molecule has 0 atom stereocenters. The van der Waals surface area contributed by atoms with Gasteiger partial charge in [0.25, 0.3) is 6.33 Å². The fourth-order valence-corrected chi connectivity index (χ4v) is 4.99. The summed E-state index contributed by atoms with van der Waals surface area (Å²) in [5.41, 5.74) is 4.74. The van der Waals surface area contributed by atoms with E-state index in [1.165, 1.54) is 37.3 Å². The van der Waals surface area contributed by atoms with Gasteiger partial charge < -0.3 is 0 Å². The van der Waals surface area contributed by atoms with E-state index in [-0.39, 0.29) is 0 Å². The number of fused-ring (bicyclic) bond motifs is 4. The first-order valence-electron chi connectivity index (χ1n) is 8.64. The van der Waals surface area contributed by atoms with E-state index in [0.717, 1.165) is 5.69 Å². The van der Waals surface area contributed by atoms with Gasteiger partial charge in [-0.2, -0.15) is 0 Å². The van der Waals surface area contributed by atoms with Crippen molar-refractivity contribution in [3.8, 4) is 11.4 Å². The SMILES string of the molecule is [c-]1n(-c2ccccc2)c2cccc3c2[n+]1-c1ccc2ccccc2c1S3. The van der Waals surface area contributed by atoms with Crippen LogP contribution in [0.5, 0.6) is 0 Å². The number of rotatable bonds is 1. The fraction of sp³-hybridized carbons (Fsp3) is 0. The third-order valence-electron chi connectivity index (χ3n) is 4.97. The minimum absolute atomic E-state index is 1.13. The monoisotopic (exact) mass is 350 g/mol. The van der Waals surface area contributed by atoms with Gasteiger partial charge in [0.2, 0.25) is 0 Å². The van der Waals surface area contributed by atoms with Crippen LogP contribution in [0.15, 0.2) is 94.7 Å². The number of para-hydroxylation sites is 2. The van der Waals surface area contributed by atoms with Crippen LogP contribution < -0.4 is 4.57 Å². The van der Waals surface area contributed by atoms with Gasteiger partial charge in [0.05, 0.1) is 22.4 Å². The lowest BCUT2D eigenvalue weighted by atomic mass is 10.1. The van der Waals surface area contributed by atoms with Gasteiger partial charge in [0, 0.05) is 9.79 Å². The molecule has 122 valence electrons. The largest absolute Gasteiger partial charge is 0.292 e. The molecule has 6 rings (SSSR count). The molecule has 0 N–H and O–H groups in total. The molecule has 0 amide bonds. The standard InChI is InChI=1S/C23H14N2S/c1-2-8-17(9-3-1)24-15-25-20-14-13-16-7-4-5-10-18(16)23(20)26-21-12-6-11-19(24)22(21)25/h1-14H. The predicted octanol–water partition coefficient (Wildman–Crippen LogP) is 5.33. The van der Waals surface area contributed by atoms with Crippen LogP contribution in [0.4, 0.5) is 0 Å². The van der Waals surface area contributed by atoms with Crippen LogP contribution in [0, 0.1) is 6.33 Å². The number of benzene rings is 4. The topological polar surface area (TPSA) is 8.81 Å². The van der Waals surface area contributed by atoms with E-state index in [4.69, 9.17) is 0 Å². The molecule has 4 aromatic carbocycles. The molecule has 0 saturated carbocycles. The Kier molecular flexibility index (Phi) is 2.85. The molecule has 0 saturated heterocycles. The van der Waals surface area contributed by atoms with Crippen LogP contribution in [0.1, 0.15) is 0 Å². The van der Waals surface area contributed by atoms with Crippen molar-refractivity contribution in [2.24, 2.45) is 0 Å². The van der Waals surface area contributed by atoms with Gasteiger partial charge in [-0.1, -0.05) is 78.5 Å². The summed E-state index contributed by atoms with van der Waals surface area (Å²) in [5, 5.41) is 2.57. The fourth-order valence-electron chi connectivity index (χ4n) is 3.78. The number of hydrogen-bond acceptors (Lipinski definition) is 1. The van der Waals surface area contributed by atoms with Gasteiger partial charge in [0.1, 0.15) is 0 Å². The quantitative estimate of drug-likeness (QED) is 0.288. The molecule has 1 aliphatic rings. The zero-order chi connectivity index (χ0) is 17.1. The van der Waals surface area contributed by atoms with Crippen LogP contribution in [-0.2, 0) is 0 Å². The first-order chi connectivity index (χ1) is 12.9. The summed E-state index contributed by atoms with van der Waals surface area (Å²) < 4.78 is 4.37. The third kappa shape index (κ3) is 1.86. The van der Waals surface area contributed by atoms with Crippen molar-refractivity contribution >= 4 is 33.6 Å². The van der Waals surface area contributed by atoms with Crippen LogP contribution in [0.25, 0.3) is 33.2 Å². The van der Waals surface area contributed by atoms with Gasteiger partial charge in [-0.15, -0.1) is 0 Å². The number of nitrogens with zero attached hydrogens (tertiary/aromatic N) is 2. The van der Waals surface area contributed by atoms with Crippen molar-refractivity contribution in [2.75, 3.05) is 0 Å². The maximum absolute atomic E-state index is 3.59. The summed E-state index contributed by atoms with van der Waals surface area (Å²) >= 11 is 1.86. The molecular weight excluding hydrogens is 336 g/mol. The predicted molar refractivity (Wildman–Crippen MR) is 105 cm³/mol. The van der Waals surface area contributed by atoms with E-state index in [0.29, 0.717) is 0 Å². The van der Waals surface area contributed by atoms with Crippen molar-refractivity contribution in [1.82, 2.24) is 4.57 Å². The van der Waals surface area contributed by atoms with Crippen LogP contribution in [0.2, 0.25) is 0 Å². The van der Waals surface area contributed by atoms with Crippen molar-refractivity contribution in [3.05, 3.63) is 91.3 Å². The molecule has 2 nitrogen and oxygen atoms in total. The van der Waals surface area contributed by atoms with Gasteiger partial charge >= 0.3 is 0 Å². The van der Waals surface area contributed by atoms with E-state index in [1.807, 2.05) is 17.8 Å². The molecule has 0 radical (unpaired) electrons. The Morgan fingerprint density at radius 1 is 0.769 bits per heavy atom. The van der Waals surface area contributed by atoms with Gasteiger partial charge in [-0.25, -0.2) is 0 Å². The minimum atomic E-state index is 1.13. The van der Waals surface area contributed by atoms with Crippen LogP contribution >= 0.6 is 11.8 Å². The first-order valence-corrected chi connectivity index (χ1v) is 9.46. The number of imidazole rings is 1. The zero-order valence-corrected chi connectivity index (χ0v) is 14.7. The van der Waals surface area contributed by atoms with Crippen molar-refractivity contribution in [2.45, 2.75) is 9.79 Å². The number of aromatic nitrogens is 2. The van der Waals surface area contributed by atoms with Crippen LogP contribution in [0.3, 0.4) is 0 Å². The maximum Gasteiger partial charge on any atom is 0.269 e. The Balaban J connectivity index is 1.73. The summed E-state index contributed by atoms with van der Waals surface area (Å²) in [4.78, 5) is 2.58. The Labute approximate surface area is 155 Å². The molecule has 3 heteroatoms. The summed E-state index contributed by atoms with van der Waals surface area (Å²) in [5.74, 6) is 0. The smallest absolute Gasteiger partial charge is 0.269 e. The average Bonchev–Trinajstić information content (AvgIpc) is 3.10. The highest BCUT2D eigenvalue weighted by Crippen LogP contribution is 2.42. The minimum Gasteiger partial charge on any atom is -0.292 e. The molecule has 0 unspecified atom stereocenters. The zero-order valence-electron chi connectivity index (χ0n) is 13.9. The molecule has 2 heterocycles. The summed E-state index contributed by atoms with van der Waals surface area (Å²) in [6.45, 7) is 0. The second-order valence-corrected chi connectivity index (χ2v) is 7.52. The van der Waals surface area contributed by atoms with Crippen LogP contribution in [-0.4, -0.2) is 4.57 Å². The molecule has 1 aromatic heterocycles. The molecule has 0 bridgehead atoms. The average molecular weight is 350 g/mol. The van der Waals surface area contributed by atoms with E-state index < -0.39 is 0 Å². The summed E-state index contributed by atoms with van der Waals surface area (Å²) in [7, 11) is 0. The highest BCUT2D eigenvalue weighted by atomic mass is 32.2. The molecule has 26 heavy (non-hydrogen) atoms. The van der Waals surface area contributed by atoms with E-state index in [2.05, 4.69) is 94.3 Å². The van der Waals surface area contributed by atoms with Gasteiger partial charge in [0.15, 0.2) is 0 Å². The number of hydrogen-bond donors (Lipinski definition) is 0. The van der Waals surface area contributed by atoms with Crippen molar-refractivity contribution < 1.29 is 4.57 Å². The lowest BCUT2D eigenvalue weighted by molar-refractivity contribution is -0.576. The lowest BCUT2D eigenvalue weighted by Crippen LogP contribution is -2.32. The normalized spacial score (nSPS) is 12.5. The highest BCUT2D eigenvalue weighted by Gasteiger charge is 2.23. The second-order valence-electron chi connectivity index (χ2n) is 6.47. The van der Waals surface area contributed by atoms with E-state index >= 15 is 0 Å². The third-order valence-corrected chi connectivity index (χ3v) is 6.15. The Hall–Kier alpha value is -3.04. The first kappa shape index (κ1) is 14.2. The Morgan fingerprint density at radius 3 is 2.54 bits per heavy atom. The molecule has 0 aliphatic carbocycles. The molecule has 1 aliphatic heterocycles. The summed E-state index contributed by atoms with van der Waals surface area (Å²) in [6.07, 6.45) is 3.59. The molecule has 0 spiro atoms. The van der Waals surface area contributed by atoms with Crippen molar-refractivity contribution in [3.63, 3.8) is 0 Å². The lowest BCUT2D eigenvalue weighted by Gasteiger charge is -2.19. The molecular formula is C23H14N2S. The maximum atomic E-state index is 3.59. The summed E-state index contributed by atoms with van der Waals surface area (Å²) in [6, 6.07) is 30.0. The van der Waals surface area contributed by atoms with Crippen molar-refractivity contribution in [1.29, 1.82) is 0 Å². The van der Waals surface area contributed by atoms with Gasteiger partial charge in [-0.05, 0) is 29.0 Å². The van der Waals surface area contributed by atoms with E-state index in [9.17, 15) is 0 Å². The van der Waals surface area contributed by atoms with E-state index in [1.54, 1.807) is 0 Å². The Morgan fingerprint density at radius 2 is 1.62 bits per heavy atom. The molecule has 0 fully saturated rings.